The number of carbonyl (C=O) groups is 5. The first-order valence-electron chi connectivity index (χ1n) is 12.3. The summed E-state index contributed by atoms with van der Waals surface area (Å²) >= 11 is 0. The van der Waals surface area contributed by atoms with Crippen molar-refractivity contribution >= 4 is 29.8 Å². The van der Waals surface area contributed by atoms with Crippen molar-refractivity contribution in [2.75, 3.05) is 0 Å². The quantitative estimate of drug-likeness (QED) is 0.107. The molecule has 21 nitrogen and oxygen atoms in total. The molecule has 0 aromatic rings. The summed E-state index contributed by atoms with van der Waals surface area (Å²) in [5, 5.41) is 91.0. The predicted molar refractivity (Wildman–Crippen MR) is 122 cm³/mol. The van der Waals surface area contributed by atoms with Gasteiger partial charge in [0.2, 0.25) is 0 Å². The van der Waals surface area contributed by atoms with E-state index < -0.39 is 122 Å². The van der Waals surface area contributed by atoms with Gasteiger partial charge in [0, 0.05) is 13.8 Å². The lowest BCUT2D eigenvalue weighted by Crippen LogP contribution is -2.68. The van der Waals surface area contributed by atoms with Crippen LogP contribution < -0.4 is 0 Å². The Morgan fingerprint density at radius 2 is 0.860 bits per heavy atom. The fraction of sp³-hybridized carbons (Fsp3) is 0.773. The lowest BCUT2D eigenvalue weighted by molar-refractivity contribution is -0.368. The fourth-order valence-corrected chi connectivity index (χ4v) is 4.59. The van der Waals surface area contributed by atoms with Crippen LogP contribution in [0.2, 0.25) is 0 Å². The zero-order valence-corrected chi connectivity index (χ0v) is 22.1. The number of carbonyl (C=O) groups excluding carboxylic acids is 2. The largest absolute Gasteiger partial charge is 0.479 e. The molecule has 0 radical (unpaired) electrons. The Hall–Kier alpha value is -3.09. The standard InChI is InChI=1S/C22H30O21/c1-3(23)37-10-5(25)7(27)21(42-14(10)17(30)31)40-11-6(26)8(28)22(43-15(11)18(32)33)41-13-12(38-4(2)24)9(29)20(36)39-16(13)19(34)35/h5-16,20-22,25-29,36H,1-2H3,(H,30,31)(H,32,33)(H,34,35)/t5-,6-,7-,8-,9-,10-,11-,12-,13-,14+,15+,16+,20-,21+,22+/m1/s1. The van der Waals surface area contributed by atoms with Crippen molar-refractivity contribution < 1.29 is 103 Å². The molecule has 0 aromatic carbocycles. The molecule has 3 aliphatic rings. The number of hydrogen-bond donors (Lipinski definition) is 9. The average Bonchev–Trinajstić information content (AvgIpc) is 2.90. The van der Waals surface area contributed by atoms with Gasteiger partial charge in [-0.3, -0.25) is 9.59 Å². The van der Waals surface area contributed by atoms with Gasteiger partial charge in [-0.15, -0.1) is 0 Å². The lowest BCUT2D eigenvalue weighted by atomic mass is 9.95. The average molecular weight is 630 g/mol. The molecule has 43 heavy (non-hydrogen) atoms. The van der Waals surface area contributed by atoms with E-state index in [1.165, 1.54) is 0 Å². The molecule has 0 amide bonds. The maximum atomic E-state index is 12.0. The first-order chi connectivity index (χ1) is 20.0. The smallest absolute Gasteiger partial charge is 0.336 e. The third-order valence-corrected chi connectivity index (χ3v) is 6.54. The molecule has 3 heterocycles. The number of aliphatic hydroxyl groups excluding tert-OH is 6. The molecule has 0 unspecified atom stereocenters. The highest BCUT2D eigenvalue weighted by Gasteiger charge is 2.57. The summed E-state index contributed by atoms with van der Waals surface area (Å²) in [5.74, 6) is -7.66. The van der Waals surface area contributed by atoms with Crippen molar-refractivity contribution in [2.45, 2.75) is 106 Å². The van der Waals surface area contributed by atoms with Gasteiger partial charge >= 0.3 is 29.8 Å². The predicted octanol–water partition coefficient (Wildman–Crippen LogP) is -6.15. The highest BCUT2D eigenvalue weighted by atomic mass is 16.8. The number of ether oxygens (including phenoxy) is 7. The van der Waals surface area contributed by atoms with E-state index in [2.05, 4.69) is 0 Å². The summed E-state index contributed by atoms with van der Waals surface area (Å²) in [5.41, 5.74) is 0. The van der Waals surface area contributed by atoms with Gasteiger partial charge in [0.15, 0.2) is 49.4 Å². The minimum atomic E-state index is -2.35. The van der Waals surface area contributed by atoms with Crippen LogP contribution in [0.3, 0.4) is 0 Å². The SMILES string of the molecule is CC(=O)O[C@@H]1[C@@H](O)[C@H](O)O[C@H](C(=O)O)[C@@H]1O[C@H]1O[C@H](C(=O)O)[C@H](O[C@H]2O[C@H](C(=O)O)[C@H](OC(C)=O)[C@H](O)[C@H]2O)[C@H](O)[C@H]1O. The van der Waals surface area contributed by atoms with E-state index in [1.807, 2.05) is 0 Å². The second-order valence-corrected chi connectivity index (χ2v) is 9.61. The van der Waals surface area contributed by atoms with E-state index in [4.69, 9.17) is 33.2 Å². The van der Waals surface area contributed by atoms with Crippen molar-refractivity contribution in [2.24, 2.45) is 0 Å². The Labute approximate surface area is 239 Å². The maximum Gasteiger partial charge on any atom is 0.336 e. The van der Waals surface area contributed by atoms with Crippen LogP contribution in [-0.4, -0.2) is 168 Å². The second kappa shape index (κ2) is 13.7. The lowest BCUT2D eigenvalue weighted by Gasteiger charge is -2.47. The van der Waals surface area contributed by atoms with Crippen LogP contribution in [0, 0.1) is 0 Å². The van der Waals surface area contributed by atoms with Crippen molar-refractivity contribution in [1.82, 2.24) is 0 Å². The van der Waals surface area contributed by atoms with Crippen molar-refractivity contribution in [3.8, 4) is 0 Å². The Morgan fingerprint density at radius 1 is 0.488 bits per heavy atom. The molecule has 0 saturated carbocycles. The first kappa shape index (κ1) is 34.4. The minimum Gasteiger partial charge on any atom is -0.479 e. The second-order valence-electron chi connectivity index (χ2n) is 9.61. The molecule has 21 heteroatoms. The molecule has 244 valence electrons. The van der Waals surface area contributed by atoms with Crippen molar-refractivity contribution in [3.63, 3.8) is 0 Å². The van der Waals surface area contributed by atoms with E-state index in [-0.39, 0.29) is 0 Å². The molecule has 0 spiro atoms. The summed E-state index contributed by atoms with van der Waals surface area (Å²) in [6, 6.07) is 0. The number of carboxylic acid groups (broad SMARTS) is 3. The van der Waals surface area contributed by atoms with Gasteiger partial charge in [-0.1, -0.05) is 0 Å². The molecular formula is C22H30O21. The highest BCUT2D eigenvalue weighted by molar-refractivity contribution is 5.75. The molecule has 0 aliphatic carbocycles. The number of hydrogen-bond acceptors (Lipinski definition) is 18. The normalized spacial score (nSPS) is 43.3. The summed E-state index contributed by atoms with van der Waals surface area (Å²) in [6.07, 6.45) is -32.7. The van der Waals surface area contributed by atoms with Gasteiger partial charge in [0.25, 0.3) is 0 Å². The van der Waals surface area contributed by atoms with Gasteiger partial charge in [-0.2, -0.15) is 0 Å². The van der Waals surface area contributed by atoms with Crippen molar-refractivity contribution in [3.05, 3.63) is 0 Å². The fourth-order valence-electron chi connectivity index (χ4n) is 4.59. The highest BCUT2D eigenvalue weighted by Crippen LogP contribution is 2.33. The van der Waals surface area contributed by atoms with E-state index in [0.717, 1.165) is 13.8 Å². The van der Waals surface area contributed by atoms with E-state index >= 15 is 0 Å². The third kappa shape index (κ3) is 7.35. The topological polar surface area (TPSA) is 332 Å². The van der Waals surface area contributed by atoms with E-state index in [0.29, 0.717) is 0 Å². The van der Waals surface area contributed by atoms with Crippen LogP contribution in [0.4, 0.5) is 0 Å². The van der Waals surface area contributed by atoms with Crippen LogP contribution in [0.15, 0.2) is 0 Å². The molecular weight excluding hydrogens is 600 g/mol. The first-order valence-corrected chi connectivity index (χ1v) is 12.3. The molecule has 3 fully saturated rings. The van der Waals surface area contributed by atoms with Gasteiger partial charge in [-0.05, 0) is 0 Å². The molecule has 15 atom stereocenters. The summed E-state index contributed by atoms with van der Waals surface area (Å²) in [4.78, 5) is 58.4. The Bertz CT molecular complexity index is 1070. The molecule has 3 rings (SSSR count). The molecule has 9 N–H and O–H groups in total. The summed E-state index contributed by atoms with van der Waals surface area (Å²) < 4.78 is 35.1. The molecule has 0 aromatic heterocycles. The van der Waals surface area contributed by atoms with Crippen LogP contribution in [0.25, 0.3) is 0 Å². The van der Waals surface area contributed by atoms with Crippen molar-refractivity contribution in [1.29, 1.82) is 0 Å². The van der Waals surface area contributed by atoms with Crippen LogP contribution in [0.1, 0.15) is 13.8 Å². The molecule has 0 bridgehead atoms. The van der Waals surface area contributed by atoms with Crippen LogP contribution in [-0.2, 0) is 57.1 Å². The minimum absolute atomic E-state index is 0.863. The Kier molecular flexibility index (Phi) is 11.0. The van der Waals surface area contributed by atoms with Gasteiger partial charge in [0.1, 0.15) is 42.7 Å². The molecule has 3 aliphatic heterocycles. The van der Waals surface area contributed by atoms with Crippen LogP contribution >= 0.6 is 0 Å². The summed E-state index contributed by atoms with van der Waals surface area (Å²) in [6.45, 7) is 1.74. The number of esters is 2. The number of aliphatic hydroxyl groups is 6. The number of rotatable bonds is 9. The summed E-state index contributed by atoms with van der Waals surface area (Å²) in [7, 11) is 0. The Balaban J connectivity index is 1.86. The third-order valence-electron chi connectivity index (χ3n) is 6.54. The number of aliphatic carboxylic acids is 3. The zero-order chi connectivity index (χ0) is 32.5. The van der Waals surface area contributed by atoms with E-state index in [9.17, 15) is 69.9 Å². The van der Waals surface area contributed by atoms with Gasteiger partial charge < -0.3 is 79.1 Å². The maximum absolute atomic E-state index is 12.0. The Morgan fingerprint density at radius 3 is 1.30 bits per heavy atom. The molecule has 3 saturated heterocycles. The number of carboxylic acids is 3. The van der Waals surface area contributed by atoms with Crippen LogP contribution in [0.5, 0.6) is 0 Å². The zero-order valence-electron chi connectivity index (χ0n) is 22.1. The monoisotopic (exact) mass is 630 g/mol. The van der Waals surface area contributed by atoms with E-state index in [1.54, 1.807) is 0 Å². The van der Waals surface area contributed by atoms with Gasteiger partial charge in [-0.25, -0.2) is 14.4 Å². The van der Waals surface area contributed by atoms with Gasteiger partial charge in [0.05, 0.1) is 0 Å².